The molecule has 4 nitrogen and oxygen atoms in total. The first-order valence-electron chi connectivity index (χ1n) is 5.12. The number of hydrogen-bond acceptors (Lipinski definition) is 4. The van der Waals surface area contributed by atoms with Crippen molar-refractivity contribution in [3.8, 4) is 5.75 Å². The summed E-state index contributed by atoms with van der Waals surface area (Å²) >= 11 is 0. The van der Waals surface area contributed by atoms with E-state index in [9.17, 15) is 5.11 Å². The summed E-state index contributed by atoms with van der Waals surface area (Å²) in [5.74, 6) is 0.329. The Morgan fingerprint density at radius 3 is 3.20 bits per heavy atom. The molecule has 0 saturated carbocycles. The van der Waals surface area contributed by atoms with Crippen LogP contribution < -0.4 is 10.2 Å². The Balaban J connectivity index is 2.24. The number of para-hydroxylation sites is 1. The second kappa shape index (κ2) is 4.40. The Bertz CT molecular complexity index is 341. The number of phenols is 1. The van der Waals surface area contributed by atoms with Crippen molar-refractivity contribution in [2.45, 2.75) is 0 Å². The molecule has 1 aliphatic heterocycles. The third-order valence-electron chi connectivity index (χ3n) is 2.59. The predicted molar refractivity (Wildman–Crippen MR) is 60.7 cm³/mol. The highest BCUT2D eigenvalue weighted by Crippen LogP contribution is 2.36. The fourth-order valence-corrected chi connectivity index (χ4v) is 1.87. The molecule has 0 amide bonds. The molecule has 0 aliphatic carbocycles. The zero-order valence-corrected chi connectivity index (χ0v) is 8.86. The average Bonchev–Trinajstić information content (AvgIpc) is 2.26. The number of phenolic OH excluding ortho intramolecular Hbond substituents is 1. The maximum atomic E-state index is 9.80. The van der Waals surface area contributed by atoms with Crippen molar-refractivity contribution in [2.24, 2.45) is 0 Å². The van der Waals surface area contributed by atoms with Crippen molar-refractivity contribution in [3.63, 3.8) is 0 Å². The van der Waals surface area contributed by atoms with E-state index in [0.717, 1.165) is 31.0 Å². The van der Waals surface area contributed by atoms with E-state index in [1.54, 1.807) is 13.2 Å². The van der Waals surface area contributed by atoms with Crippen LogP contribution in [0.4, 0.5) is 11.4 Å². The summed E-state index contributed by atoms with van der Waals surface area (Å²) in [6, 6.07) is 5.54. The van der Waals surface area contributed by atoms with Crippen molar-refractivity contribution in [2.75, 3.05) is 43.6 Å². The van der Waals surface area contributed by atoms with E-state index in [1.807, 2.05) is 12.1 Å². The van der Waals surface area contributed by atoms with E-state index < -0.39 is 0 Å². The second-order valence-electron chi connectivity index (χ2n) is 3.58. The highest BCUT2D eigenvalue weighted by atomic mass is 16.5. The number of anilines is 2. The lowest BCUT2D eigenvalue weighted by atomic mass is 10.2. The Labute approximate surface area is 89.5 Å². The molecule has 0 atom stereocenters. The lowest BCUT2D eigenvalue weighted by Crippen LogP contribution is -2.36. The molecule has 1 aromatic carbocycles. The van der Waals surface area contributed by atoms with Crippen molar-refractivity contribution >= 4 is 11.4 Å². The average molecular weight is 208 g/mol. The van der Waals surface area contributed by atoms with Crippen LogP contribution in [0.15, 0.2) is 18.2 Å². The molecular formula is C11H16N2O2. The van der Waals surface area contributed by atoms with Crippen LogP contribution in [0, 0.1) is 0 Å². The number of rotatable bonds is 3. The molecule has 2 N–H and O–H groups in total. The van der Waals surface area contributed by atoms with Gasteiger partial charge in [-0.25, -0.2) is 0 Å². The minimum absolute atomic E-state index is 0.329. The first-order chi connectivity index (χ1) is 7.33. The minimum atomic E-state index is 0.329. The van der Waals surface area contributed by atoms with Gasteiger partial charge in [0.05, 0.1) is 12.3 Å². The van der Waals surface area contributed by atoms with E-state index in [-0.39, 0.29) is 0 Å². The molecule has 0 radical (unpaired) electrons. The van der Waals surface area contributed by atoms with Gasteiger partial charge in [0.25, 0.3) is 0 Å². The number of aromatic hydroxyl groups is 1. The van der Waals surface area contributed by atoms with Gasteiger partial charge in [0.15, 0.2) is 0 Å². The zero-order valence-electron chi connectivity index (χ0n) is 8.86. The molecule has 1 aromatic rings. The van der Waals surface area contributed by atoms with Gasteiger partial charge in [0.2, 0.25) is 0 Å². The summed E-state index contributed by atoms with van der Waals surface area (Å²) in [6.45, 7) is 3.28. The number of benzene rings is 1. The molecule has 1 heterocycles. The summed E-state index contributed by atoms with van der Waals surface area (Å²) in [5.41, 5.74) is 1.89. The largest absolute Gasteiger partial charge is 0.506 e. The molecule has 0 saturated heterocycles. The van der Waals surface area contributed by atoms with Gasteiger partial charge in [0, 0.05) is 26.7 Å². The molecule has 15 heavy (non-hydrogen) atoms. The van der Waals surface area contributed by atoms with Crippen LogP contribution in [-0.2, 0) is 4.74 Å². The fraction of sp³-hybridized carbons (Fsp3) is 0.455. The van der Waals surface area contributed by atoms with Gasteiger partial charge in [-0.2, -0.15) is 0 Å². The number of nitrogens with zero attached hydrogens (tertiary/aromatic N) is 1. The summed E-state index contributed by atoms with van der Waals surface area (Å²) in [4.78, 5) is 2.14. The Kier molecular flexibility index (Phi) is 2.97. The third-order valence-corrected chi connectivity index (χ3v) is 2.59. The second-order valence-corrected chi connectivity index (χ2v) is 3.58. The number of fused-ring (bicyclic) bond motifs is 1. The molecule has 82 valence electrons. The van der Waals surface area contributed by atoms with Gasteiger partial charge in [-0.05, 0) is 12.1 Å². The molecule has 0 aromatic heterocycles. The van der Waals surface area contributed by atoms with Crippen molar-refractivity contribution in [1.29, 1.82) is 0 Å². The maximum Gasteiger partial charge on any atom is 0.141 e. The third kappa shape index (κ3) is 1.99. The van der Waals surface area contributed by atoms with Gasteiger partial charge in [-0.3, -0.25) is 0 Å². The molecule has 1 aliphatic rings. The maximum absolute atomic E-state index is 9.80. The molecule has 4 heteroatoms. The number of methoxy groups -OCH3 is 1. The van der Waals surface area contributed by atoms with Gasteiger partial charge in [-0.1, -0.05) is 6.07 Å². The normalized spacial score (nSPS) is 14.6. The van der Waals surface area contributed by atoms with E-state index in [1.165, 1.54) is 0 Å². The van der Waals surface area contributed by atoms with Gasteiger partial charge >= 0.3 is 0 Å². The van der Waals surface area contributed by atoms with E-state index >= 15 is 0 Å². The van der Waals surface area contributed by atoms with E-state index in [2.05, 4.69) is 10.2 Å². The topological polar surface area (TPSA) is 44.7 Å². The number of nitrogens with one attached hydrogen (secondary N) is 1. The molecule has 0 fully saturated rings. The van der Waals surface area contributed by atoms with Crippen LogP contribution in [0.2, 0.25) is 0 Å². The monoisotopic (exact) mass is 208 g/mol. The number of hydrogen-bond donors (Lipinski definition) is 2. The van der Waals surface area contributed by atoms with E-state index in [4.69, 9.17) is 4.74 Å². The zero-order chi connectivity index (χ0) is 10.7. The summed E-state index contributed by atoms with van der Waals surface area (Å²) in [6.07, 6.45) is 0. The number of ether oxygens (including phenoxy) is 1. The lowest BCUT2D eigenvalue weighted by molar-refractivity contribution is 0.205. The molecular weight excluding hydrogens is 192 g/mol. The van der Waals surface area contributed by atoms with Crippen molar-refractivity contribution in [3.05, 3.63) is 18.2 Å². The van der Waals surface area contributed by atoms with Gasteiger partial charge < -0.3 is 20.1 Å². The summed E-state index contributed by atoms with van der Waals surface area (Å²) < 4.78 is 5.06. The van der Waals surface area contributed by atoms with Crippen LogP contribution in [0.1, 0.15) is 0 Å². The lowest BCUT2D eigenvalue weighted by Gasteiger charge is -2.32. The quantitative estimate of drug-likeness (QED) is 0.785. The Morgan fingerprint density at radius 2 is 2.40 bits per heavy atom. The minimum Gasteiger partial charge on any atom is -0.506 e. The van der Waals surface area contributed by atoms with Crippen LogP contribution >= 0.6 is 0 Å². The molecule has 2 rings (SSSR count). The van der Waals surface area contributed by atoms with Crippen molar-refractivity contribution < 1.29 is 9.84 Å². The standard InChI is InChI=1S/C11H16N2O2/c1-15-8-7-13-6-5-12-9-3-2-4-10(14)11(9)13/h2-4,12,14H,5-8H2,1H3. The Morgan fingerprint density at radius 1 is 1.53 bits per heavy atom. The molecule has 0 spiro atoms. The Hall–Kier alpha value is -1.42. The molecule has 0 unspecified atom stereocenters. The van der Waals surface area contributed by atoms with Crippen LogP contribution in [0.25, 0.3) is 0 Å². The molecule has 0 bridgehead atoms. The smallest absolute Gasteiger partial charge is 0.141 e. The fourth-order valence-electron chi connectivity index (χ4n) is 1.87. The highest BCUT2D eigenvalue weighted by molar-refractivity contribution is 5.78. The van der Waals surface area contributed by atoms with Crippen LogP contribution in [0.3, 0.4) is 0 Å². The van der Waals surface area contributed by atoms with Crippen LogP contribution in [0.5, 0.6) is 5.75 Å². The van der Waals surface area contributed by atoms with Gasteiger partial charge in [-0.15, -0.1) is 0 Å². The SMILES string of the molecule is COCCN1CCNc2cccc(O)c21. The first kappa shape index (κ1) is 10.1. The highest BCUT2D eigenvalue weighted by Gasteiger charge is 2.18. The summed E-state index contributed by atoms with van der Waals surface area (Å²) in [7, 11) is 1.69. The van der Waals surface area contributed by atoms with Gasteiger partial charge in [0.1, 0.15) is 11.4 Å². The van der Waals surface area contributed by atoms with Crippen molar-refractivity contribution in [1.82, 2.24) is 0 Å². The predicted octanol–water partition coefficient (Wildman–Crippen LogP) is 1.27. The van der Waals surface area contributed by atoms with E-state index in [0.29, 0.717) is 12.4 Å². The first-order valence-corrected chi connectivity index (χ1v) is 5.12. The summed E-state index contributed by atoms with van der Waals surface area (Å²) in [5, 5.41) is 13.1. The van der Waals surface area contributed by atoms with Crippen LogP contribution in [-0.4, -0.2) is 38.5 Å².